The Balaban J connectivity index is 1.88. The highest BCUT2D eigenvalue weighted by molar-refractivity contribution is 7.99. The van der Waals surface area contributed by atoms with E-state index in [1.54, 1.807) is 23.9 Å². The minimum atomic E-state index is -0.987. The van der Waals surface area contributed by atoms with E-state index in [9.17, 15) is 4.79 Å². The fourth-order valence-electron chi connectivity index (χ4n) is 2.53. The summed E-state index contributed by atoms with van der Waals surface area (Å²) in [6.45, 7) is 0. The molecule has 0 aromatic heterocycles. The number of carboxylic acid groups (broad SMARTS) is 1. The van der Waals surface area contributed by atoms with Crippen molar-refractivity contribution in [2.45, 2.75) is 29.1 Å². The van der Waals surface area contributed by atoms with Gasteiger partial charge in [0.25, 0.3) is 0 Å². The van der Waals surface area contributed by atoms with Crippen molar-refractivity contribution in [2.75, 3.05) is 5.73 Å². The lowest BCUT2D eigenvalue weighted by molar-refractivity contribution is 0.0698. The van der Waals surface area contributed by atoms with Crippen molar-refractivity contribution in [1.82, 2.24) is 0 Å². The van der Waals surface area contributed by atoms with Crippen molar-refractivity contribution in [3.05, 3.63) is 53.1 Å². The zero-order chi connectivity index (χ0) is 14.1. The fourth-order valence-corrected chi connectivity index (χ4v) is 3.45. The largest absolute Gasteiger partial charge is 0.478 e. The third-order valence-corrected chi connectivity index (χ3v) is 4.54. The average Bonchev–Trinajstić information content (AvgIpc) is 2.88. The molecule has 0 saturated carbocycles. The minimum absolute atomic E-state index is 0.163. The van der Waals surface area contributed by atoms with E-state index in [1.165, 1.54) is 24.0 Å². The van der Waals surface area contributed by atoms with Gasteiger partial charge in [-0.3, -0.25) is 0 Å². The van der Waals surface area contributed by atoms with Gasteiger partial charge in [-0.15, -0.1) is 0 Å². The monoisotopic (exact) mass is 285 g/mol. The summed E-state index contributed by atoms with van der Waals surface area (Å²) in [6, 6.07) is 11.6. The summed E-state index contributed by atoms with van der Waals surface area (Å²) in [5.41, 5.74) is 8.99. The number of nitrogens with two attached hydrogens (primary N) is 1. The Morgan fingerprint density at radius 1 is 1.05 bits per heavy atom. The summed E-state index contributed by atoms with van der Waals surface area (Å²) < 4.78 is 0. The molecule has 0 saturated heterocycles. The Kier molecular flexibility index (Phi) is 3.40. The number of anilines is 1. The van der Waals surface area contributed by atoms with Crippen molar-refractivity contribution >= 4 is 23.4 Å². The van der Waals surface area contributed by atoms with Gasteiger partial charge in [0.1, 0.15) is 0 Å². The van der Waals surface area contributed by atoms with Gasteiger partial charge in [0.2, 0.25) is 0 Å². The molecule has 20 heavy (non-hydrogen) atoms. The van der Waals surface area contributed by atoms with Gasteiger partial charge < -0.3 is 10.8 Å². The van der Waals surface area contributed by atoms with Gasteiger partial charge in [-0.2, -0.15) is 0 Å². The first-order valence-electron chi connectivity index (χ1n) is 6.56. The minimum Gasteiger partial charge on any atom is -0.478 e. The first-order chi connectivity index (χ1) is 9.63. The zero-order valence-electron chi connectivity index (χ0n) is 10.9. The maximum absolute atomic E-state index is 11.1. The van der Waals surface area contributed by atoms with Crippen molar-refractivity contribution in [3.8, 4) is 0 Å². The Hall–Kier alpha value is -1.94. The molecule has 3 rings (SSSR count). The highest BCUT2D eigenvalue weighted by Gasteiger charge is 2.12. The lowest BCUT2D eigenvalue weighted by atomic mass is 10.1. The number of aromatic carboxylic acids is 1. The summed E-state index contributed by atoms with van der Waals surface area (Å²) in [5, 5.41) is 9.09. The Labute approximate surface area is 121 Å². The number of carboxylic acids is 1. The third kappa shape index (κ3) is 2.51. The van der Waals surface area contributed by atoms with Crippen LogP contribution >= 0.6 is 11.8 Å². The van der Waals surface area contributed by atoms with Crippen LogP contribution < -0.4 is 5.73 Å². The molecule has 0 radical (unpaired) electrons. The molecule has 2 aromatic rings. The van der Waals surface area contributed by atoms with E-state index in [1.807, 2.05) is 6.07 Å². The molecule has 1 aliphatic carbocycles. The van der Waals surface area contributed by atoms with Crippen LogP contribution in [0.2, 0.25) is 0 Å². The Bertz CT molecular complexity index is 682. The quantitative estimate of drug-likeness (QED) is 0.846. The van der Waals surface area contributed by atoms with Gasteiger partial charge in [0, 0.05) is 15.5 Å². The summed E-state index contributed by atoms with van der Waals surface area (Å²) in [7, 11) is 0. The van der Waals surface area contributed by atoms with Crippen LogP contribution in [0.15, 0.2) is 46.2 Å². The molecule has 3 N–H and O–H groups in total. The molecule has 0 bridgehead atoms. The van der Waals surface area contributed by atoms with E-state index < -0.39 is 5.97 Å². The first-order valence-corrected chi connectivity index (χ1v) is 7.37. The highest BCUT2D eigenvalue weighted by Crippen LogP contribution is 2.33. The number of fused-ring (bicyclic) bond motifs is 1. The maximum Gasteiger partial charge on any atom is 0.337 e. The van der Waals surface area contributed by atoms with E-state index >= 15 is 0 Å². The second kappa shape index (κ2) is 5.21. The van der Waals surface area contributed by atoms with Gasteiger partial charge in [-0.25, -0.2) is 4.79 Å². The number of hydrogen-bond acceptors (Lipinski definition) is 3. The van der Waals surface area contributed by atoms with Crippen LogP contribution in [-0.4, -0.2) is 11.1 Å². The SMILES string of the molecule is Nc1ccc(Sc2ccc3c(c2)CCC3)cc1C(=O)O. The molecule has 0 amide bonds. The fraction of sp³-hybridized carbons (Fsp3) is 0.188. The van der Waals surface area contributed by atoms with Crippen LogP contribution in [0.1, 0.15) is 27.9 Å². The Morgan fingerprint density at radius 3 is 2.55 bits per heavy atom. The zero-order valence-corrected chi connectivity index (χ0v) is 11.7. The number of nitrogen functional groups attached to an aromatic ring is 1. The molecule has 1 aliphatic rings. The van der Waals surface area contributed by atoms with E-state index in [0.717, 1.165) is 16.2 Å². The van der Waals surface area contributed by atoms with Crippen LogP contribution in [0, 0.1) is 0 Å². The lowest BCUT2D eigenvalue weighted by Gasteiger charge is -2.07. The predicted molar refractivity (Wildman–Crippen MR) is 80.4 cm³/mol. The molecular formula is C16H15NO2S. The summed E-state index contributed by atoms with van der Waals surface area (Å²) >= 11 is 1.57. The predicted octanol–water partition coefficient (Wildman–Crippen LogP) is 3.61. The van der Waals surface area contributed by atoms with E-state index in [-0.39, 0.29) is 5.56 Å². The second-order valence-electron chi connectivity index (χ2n) is 4.94. The van der Waals surface area contributed by atoms with Crippen LogP contribution in [0.5, 0.6) is 0 Å². The van der Waals surface area contributed by atoms with E-state index in [4.69, 9.17) is 10.8 Å². The summed E-state index contributed by atoms with van der Waals surface area (Å²) in [5.74, 6) is -0.987. The summed E-state index contributed by atoms with van der Waals surface area (Å²) in [6.07, 6.45) is 3.55. The van der Waals surface area contributed by atoms with Crippen molar-refractivity contribution < 1.29 is 9.90 Å². The van der Waals surface area contributed by atoms with E-state index in [2.05, 4.69) is 18.2 Å². The van der Waals surface area contributed by atoms with Crippen molar-refractivity contribution in [2.24, 2.45) is 0 Å². The molecule has 0 fully saturated rings. The van der Waals surface area contributed by atoms with Gasteiger partial charge in [0.15, 0.2) is 0 Å². The smallest absolute Gasteiger partial charge is 0.337 e. The standard InChI is InChI=1S/C16H15NO2S/c17-15-7-6-13(9-14(15)16(18)19)20-12-5-4-10-2-1-3-11(10)8-12/h4-9H,1-3,17H2,(H,18,19). The van der Waals surface area contributed by atoms with Gasteiger partial charge in [-0.1, -0.05) is 17.8 Å². The van der Waals surface area contributed by atoms with Gasteiger partial charge in [0.05, 0.1) is 5.56 Å². The lowest BCUT2D eigenvalue weighted by Crippen LogP contribution is -2.02. The van der Waals surface area contributed by atoms with Gasteiger partial charge >= 0.3 is 5.97 Å². The normalized spacial score (nSPS) is 13.2. The average molecular weight is 285 g/mol. The van der Waals surface area contributed by atoms with Crippen LogP contribution in [0.4, 0.5) is 5.69 Å². The number of rotatable bonds is 3. The summed E-state index contributed by atoms with van der Waals surface area (Å²) in [4.78, 5) is 13.1. The molecule has 4 heteroatoms. The molecule has 0 heterocycles. The topological polar surface area (TPSA) is 63.3 Å². The molecule has 0 atom stereocenters. The van der Waals surface area contributed by atoms with Crippen molar-refractivity contribution in [1.29, 1.82) is 0 Å². The molecule has 0 unspecified atom stereocenters. The molecule has 0 spiro atoms. The number of benzene rings is 2. The molecule has 0 aliphatic heterocycles. The maximum atomic E-state index is 11.1. The highest BCUT2D eigenvalue weighted by atomic mass is 32.2. The molecule has 102 valence electrons. The Morgan fingerprint density at radius 2 is 1.75 bits per heavy atom. The number of hydrogen-bond donors (Lipinski definition) is 2. The van der Waals surface area contributed by atoms with E-state index in [0.29, 0.717) is 5.69 Å². The number of aryl methyl sites for hydroxylation is 2. The molecule has 3 nitrogen and oxygen atoms in total. The van der Waals surface area contributed by atoms with Crippen LogP contribution in [0.3, 0.4) is 0 Å². The van der Waals surface area contributed by atoms with Gasteiger partial charge in [-0.05, 0) is 60.7 Å². The molecular weight excluding hydrogens is 270 g/mol. The first kappa shape index (κ1) is 13.1. The van der Waals surface area contributed by atoms with Crippen LogP contribution in [-0.2, 0) is 12.8 Å². The molecule has 2 aromatic carbocycles. The van der Waals surface area contributed by atoms with Crippen LogP contribution in [0.25, 0.3) is 0 Å². The third-order valence-electron chi connectivity index (χ3n) is 3.56. The van der Waals surface area contributed by atoms with Crippen molar-refractivity contribution in [3.63, 3.8) is 0 Å². The second-order valence-corrected chi connectivity index (χ2v) is 6.09. The number of carbonyl (C=O) groups is 1.